The lowest BCUT2D eigenvalue weighted by atomic mass is 10.1. The van der Waals surface area contributed by atoms with E-state index in [4.69, 9.17) is 0 Å². The van der Waals surface area contributed by atoms with E-state index in [1.165, 1.54) is 11.1 Å². The number of aryl methyl sites for hydroxylation is 2. The van der Waals surface area contributed by atoms with E-state index in [9.17, 15) is 9.59 Å². The van der Waals surface area contributed by atoms with Gasteiger partial charge in [-0.2, -0.15) is 0 Å². The summed E-state index contributed by atoms with van der Waals surface area (Å²) in [4.78, 5) is 33.4. The molecule has 2 amide bonds. The Morgan fingerprint density at radius 3 is 2.44 bits per heavy atom. The van der Waals surface area contributed by atoms with Crippen molar-refractivity contribution in [3.63, 3.8) is 0 Å². The second kappa shape index (κ2) is 6.88. The Hall–Kier alpha value is -2.34. The van der Waals surface area contributed by atoms with Crippen LogP contribution in [0.2, 0.25) is 0 Å². The first kappa shape index (κ1) is 17.5. The van der Waals surface area contributed by atoms with Gasteiger partial charge in [-0.15, -0.1) is 0 Å². The molecule has 0 bridgehead atoms. The number of hydrogen-bond donors (Lipinski definition) is 1. The average Bonchev–Trinajstić information content (AvgIpc) is 3.03. The normalized spacial score (nSPS) is 15.6. The van der Waals surface area contributed by atoms with Gasteiger partial charge < -0.3 is 14.8 Å². The number of nitrogens with one attached hydrogen (secondary N) is 1. The molecule has 6 heteroatoms. The van der Waals surface area contributed by atoms with Crippen LogP contribution < -0.4 is 0 Å². The summed E-state index contributed by atoms with van der Waals surface area (Å²) in [6, 6.07) is 6.06. The van der Waals surface area contributed by atoms with Gasteiger partial charge in [0.2, 0.25) is 5.91 Å². The third kappa shape index (κ3) is 3.54. The molecule has 1 aliphatic heterocycles. The molecule has 3 rings (SSSR count). The topological polar surface area (TPSA) is 59.7 Å². The molecule has 0 spiro atoms. The van der Waals surface area contributed by atoms with E-state index in [1.54, 1.807) is 19.0 Å². The fraction of sp³-hybridized carbons (Fsp3) is 0.474. The van der Waals surface area contributed by atoms with E-state index >= 15 is 0 Å². The highest BCUT2D eigenvalue weighted by Gasteiger charge is 2.24. The first-order chi connectivity index (χ1) is 11.9. The van der Waals surface area contributed by atoms with Crippen LogP contribution in [-0.4, -0.2) is 78.3 Å². The molecule has 2 heterocycles. The Bertz CT molecular complexity index is 801. The summed E-state index contributed by atoms with van der Waals surface area (Å²) in [5.41, 5.74) is 4.08. The number of aromatic amines is 1. The molecule has 0 atom stereocenters. The summed E-state index contributed by atoms with van der Waals surface area (Å²) in [6.07, 6.45) is 0. The van der Waals surface area contributed by atoms with Crippen molar-refractivity contribution in [2.45, 2.75) is 13.8 Å². The molecule has 1 aliphatic rings. The quantitative estimate of drug-likeness (QED) is 0.922. The fourth-order valence-electron chi connectivity index (χ4n) is 3.19. The zero-order chi connectivity index (χ0) is 18.1. The number of amides is 2. The Morgan fingerprint density at radius 1 is 1.12 bits per heavy atom. The molecule has 1 N–H and O–H groups in total. The minimum absolute atomic E-state index is 0.0341. The number of nitrogens with zero attached hydrogens (tertiary/aromatic N) is 3. The third-order valence-corrected chi connectivity index (χ3v) is 5.09. The molecule has 0 saturated carbocycles. The summed E-state index contributed by atoms with van der Waals surface area (Å²) in [6.45, 7) is 7.32. The molecule has 1 aromatic carbocycles. The highest BCUT2D eigenvalue weighted by Crippen LogP contribution is 2.23. The van der Waals surface area contributed by atoms with E-state index in [1.807, 2.05) is 17.0 Å². The summed E-state index contributed by atoms with van der Waals surface area (Å²) < 4.78 is 0. The molecule has 6 nitrogen and oxygen atoms in total. The van der Waals surface area contributed by atoms with Gasteiger partial charge in [-0.1, -0.05) is 6.07 Å². The summed E-state index contributed by atoms with van der Waals surface area (Å²) in [7, 11) is 3.53. The number of piperazine rings is 1. The number of carbonyl (C=O) groups is 2. The van der Waals surface area contributed by atoms with Crippen molar-refractivity contribution in [2.24, 2.45) is 0 Å². The number of hydrogen-bond acceptors (Lipinski definition) is 3. The highest BCUT2D eigenvalue weighted by atomic mass is 16.2. The van der Waals surface area contributed by atoms with E-state index in [0.29, 0.717) is 25.3 Å². The van der Waals surface area contributed by atoms with Crippen molar-refractivity contribution < 1.29 is 9.59 Å². The maximum absolute atomic E-state index is 12.8. The van der Waals surface area contributed by atoms with Crippen LogP contribution >= 0.6 is 0 Å². The SMILES string of the molecule is Cc1ccc2[nH]c(C(=O)N3CCN(CC(=O)N(C)C)CC3)cc2c1C. The van der Waals surface area contributed by atoms with Gasteiger partial charge in [0.15, 0.2) is 0 Å². The number of rotatable bonds is 3. The molecule has 1 aromatic heterocycles. The third-order valence-electron chi connectivity index (χ3n) is 5.09. The van der Waals surface area contributed by atoms with E-state index in [0.717, 1.165) is 24.0 Å². The number of benzene rings is 1. The maximum Gasteiger partial charge on any atom is 0.270 e. The van der Waals surface area contributed by atoms with Crippen LogP contribution in [-0.2, 0) is 4.79 Å². The Morgan fingerprint density at radius 2 is 1.80 bits per heavy atom. The molecule has 0 unspecified atom stereocenters. The Balaban J connectivity index is 1.67. The van der Waals surface area contributed by atoms with Crippen molar-refractivity contribution in [1.29, 1.82) is 0 Å². The monoisotopic (exact) mass is 342 g/mol. The fourth-order valence-corrected chi connectivity index (χ4v) is 3.19. The lowest BCUT2D eigenvalue weighted by Gasteiger charge is -2.34. The van der Waals surface area contributed by atoms with Gasteiger partial charge in [-0.05, 0) is 37.1 Å². The summed E-state index contributed by atoms with van der Waals surface area (Å²) in [5.74, 6) is 0.132. The van der Waals surface area contributed by atoms with Gasteiger partial charge in [0.25, 0.3) is 5.91 Å². The summed E-state index contributed by atoms with van der Waals surface area (Å²) >= 11 is 0. The molecule has 134 valence electrons. The zero-order valence-corrected chi connectivity index (χ0v) is 15.4. The Kier molecular flexibility index (Phi) is 4.81. The van der Waals surface area contributed by atoms with Crippen molar-refractivity contribution in [3.05, 3.63) is 35.0 Å². The van der Waals surface area contributed by atoms with Gasteiger partial charge in [-0.3, -0.25) is 14.5 Å². The number of aromatic nitrogens is 1. The Labute approximate surface area is 148 Å². The number of likely N-dealkylation sites (N-methyl/N-ethyl adjacent to an activating group) is 1. The average molecular weight is 342 g/mol. The highest BCUT2D eigenvalue weighted by molar-refractivity contribution is 5.99. The largest absolute Gasteiger partial charge is 0.351 e. The van der Waals surface area contributed by atoms with Crippen LogP contribution in [0.15, 0.2) is 18.2 Å². The number of fused-ring (bicyclic) bond motifs is 1. The van der Waals surface area contributed by atoms with Crippen molar-refractivity contribution in [1.82, 2.24) is 19.7 Å². The molecule has 25 heavy (non-hydrogen) atoms. The van der Waals surface area contributed by atoms with Gasteiger partial charge in [0.05, 0.1) is 6.54 Å². The minimum atomic E-state index is 0.0341. The van der Waals surface area contributed by atoms with Gasteiger partial charge >= 0.3 is 0 Å². The number of H-pyrrole nitrogens is 1. The van der Waals surface area contributed by atoms with E-state index in [2.05, 4.69) is 29.8 Å². The van der Waals surface area contributed by atoms with Gasteiger partial charge in [0.1, 0.15) is 5.69 Å². The molecule has 1 saturated heterocycles. The van der Waals surface area contributed by atoms with Gasteiger partial charge in [0, 0.05) is 51.2 Å². The molecular formula is C19H26N4O2. The molecular weight excluding hydrogens is 316 g/mol. The molecule has 0 radical (unpaired) electrons. The maximum atomic E-state index is 12.8. The van der Waals surface area contributed by atoms with Crippen molar-refractivity contribution in [3.8, 4) is 0 Å². The van der Waals surface area contributed by atoms with Crippen molar-refractivity contribution >= 4 is 22.7 Å². The first-order valence-electron chi connectivity index (χ1n) is 8.67. The minimum Gasteiger partial charge on any atom is -0.351 e. The van der Waals surface area contributed by atoms with Crippen LogP contribution in [0.4, 0.5) is 0 Å². The first-order valence-corrected chi connectivity index (χ1v) is 8.67. The molecule has 1 fully saturated rings. The number of carbonyl (C=O) groups excluding carboxylic acids is 2. The zero-order valence-electron chi connectivity index (χ0n) is 15.4. The van der Waals surface area contributed by atoms with Gasteiger partial charge in [-0.25, -0.2) is 0 Å². The predicted octanol–water partition coefficient (Wildman–Crippen LogP) is 1.63. The lowest BCUT2D eigenvalue weighted by Crippen LogP contribution is -2.51. The second-order valence-corrected chi connectivity index (χ2v) is 7.01. The van der Waals surface area contributed by atoms with Crippen molar-refractivity contribution in [2.75, 3.05) is 46.8 Å². The predicted molar refractivity (Wildman–Crippen MR) is 98.8 cm³/mol. The standard InChI is InChI=1S/C19H26N4O2/c1-13-5-6-16-15(14(13)2)11-17(20-16)19(25)23-9-7-22(8-10-23)12-18(24)21(3)4/h5-6,11,20H,7-10,12H2,1-4H3. The van der Waals surface area contributed by atoms with Crippen LogP contribution in [0, 0.1) is 13.8 Å². The van der Waals surface area contributed by atoms with Crippen LogP contribution in [0.3, 0.4) is 0 Å². The van der Waals surface area contributed by atoms with Crippen LogP contribution in [0.1, 0.15) is 21.6 Å². The smallest absolute Gasteiger partial charge is 0.270 e. The summed E-state index contributed by atoms with van der Waals surface area (Å²) in [5, 5.41) is 1.11. The second-order valence-electron chi connectivity index (χ2n) is 7.01. The van der Waals surface area contributed by atoms with Crippen LogP contribution in [0.25, 0.3) is 10.9 Å². The lowest BCUT2D eigenvalue weighted by molar-refractivity contribution is -0.130. The van der Waals surface area contributed by atoms with E-state index < -0.39 is 0 Å². The molecule has 2 aromatic rings. The van der Waals surface area contributed by atoms with E-state index in [-0.39, 0.29) is 11.8 Å². The van der Waals surface area contributed by atoms with Crippen LogP contribution in [0.5, 0.6) is 0 Å². The molecule has 0 aliphatic carbocycles.